The van der Waals surface area contributed by atoms with E-state index in [2.05, 4.69) is 10.1 Å². The maximum atomic E-state index is 11.9. The summed E-state index contributed by atoms with van der Waals surface area (Å²) in [7, 11) is 1.24. The van der Waals surface area contributed by atoms with Gasteiger partial charge in [0.25, 0.3) is 0 Å². The quantitative estimate of drug-likeness (QED) is 0.700. The van der Waals surface area contributed by atoms with E-state index in [-0.39, 0.29) is 12.8 Å². The molecule has 1 rings (SSSR count). The van der Waals surface area contributed by atoms with E-state index in [1.807, 2.05) is 0 Å². The molecule has 0 radical (unpaired) electrons. The fourth-order valence-corrected chi connectivity index (χ4v) is 2.53. The molecule has 2 N–H and O–H groups in total. The normalized spacial score (nSPS) is 16.6. The molecule has 0 spiro atoms. The first-order valence-electron chi connectivity index (χ1n) is 5.97. The van der Waals surface area contributed by atoms with Crippen molar-refractivity contribution in [1.82, 2.24) is 10.2 Å². The summed E-state index contributed by atoms with van der Waals surface area (Å²) in [6.45, 7) is 1.22. The number of amides is 2. The van der Waals surface area contributed by atoms with Crippen molar-refractivity contribution in [2.45, 2.75) is 18.9 Å². The van der Waals surface area contributed by atoms with Gasteiger partial charge in [0.15, 0.2) is 0 Å². The van der Waals surface area contributed by atoms with Gasteiger partial charge in [-0.15, -0.1) is 0 Å². The number of aliphatic carboxylic acids is 1. The number of carboxylic acid groups (broad SMARTS) is 1. The zero-order chi connectivity index (χ0) is 14.3. The molecule has 0 aromatic carbocycles. The van der Waals surface area contributed by atoms with Crippen LogP contribution in [0.25, 0.3) is 0 Å². The van der Waals surface area contributed by atoms with E-state index in [0.29, 0.717) is 13.1 Å². The molecule has 0 aromatic rings. The van der Waals surface area contributed by atoms with Gasteiger partial charge >= 0.3 is 18.0 Å². The zero-order valence-corrected chi connectivity index (χ0v) is 11.6. The highest BCUT2D eigenvalue weighted by molar-refractivity contribution is 7.99. The lowest BCUT2D eigenvalue weighted by atomic mass is 10.1. The summed E-state index contributed by atoms with van der Waals surface area (Å²) in [5, 5.41) is 11.5. The van der Waals surface area contributed by atoms with Crippen LogP contribution in [-0.2, 0) is 14.3 Å². The molecule has 1 saturated heterocycles. The number of urea groups is 1. The third-order valence-electron chi connectivity index (χ3n) is 2.76. The number of carbonyl (C=O) groups excluding carboxylic acids is 2. The van der Waals surface area contributed by atoms with Crippen molar-refractivity contribution in [3.05, 3.63) is 0 Å². The average Bonchev–Trinajstić information content (AvgIpc) is 2.43. The summed E-state index contributed by atoms with van der Waals surface area (Å²) >= 11 is 1.76. The Labute approximate surface area is 115 Å². The Hall–Kier alpha value is -1.44. The fraction of sp³-hybridized carbons (Fsp3) is 0.727. The minimum Gasteiger partial charge on any atom is -0.480 e. The van der Waals surface area contributed by atoms with Gasteiger partial charge in [0.1, 0.15) is 6.04 Å². The number of rotatable bonds is 5. The van der Waals surface area contributed by atoms with E-state index >= 15 is 0 Å². The van der Waals surface area contributed by atoms with E-state index in [0.717, 1.165) is 11.5 Å². The first kappa shape index (κ1) is 15.6. The fourth-order valence-electron chi connectivity index (χ4n) is 1.63. The number of hydrogen-bond acceptors (Lipinski definition) is 5. The third-order valence-corrected chi connectivity index (χ3v) is 3.70. The Morgan fingerprint density at radius 1 is 1.37 bits per heavy atom. The van der Waals surface area contributed by atoms with Crippen LogP contribution < -0.4 is 5.32 Å². The second-order valence-electron chi connectivity index (χ2n) is 4.05. The lowest BCUT2D eigenvalue weighted by Gasteiger charge is -2.28. The lowest BCUT2D eigenvalue weighted by molar-refractivity contribution is -0.142. The van der Waals surface area contributed by atoms with Crippen LogP contribution in [0.2, 0.25) is 0 Å². The van der Waals surface area contributed by atoms with Crippen molar-refractivity contribution in [2.24, 2.45) is 0 Å². The molecule has 0 saturated carbocycles. The highest BCUT2D eigenvalue weighted by Gasteiger charge is 2.24. The molecule has 0 aromatic heterocycles. The molecule has 1 heterocycles. The van der Waals surface area contributed by atoms with Gasteiger partial charge in [0.2, 0.25) is 0 Å². The van der Waals surface area contributed by atoms with Crippen LogP contribution in [0.3, 0.4) is 0 Å². The minimum absolute atomic E-state index is 0.0241. The van der Waals surface area contributed by atoms with Gasteiger partial charge in [-0.25, -0.2) is 9.59 Å². The predicted molar refractivity (Wildman–Crippen MR) is 70.1 cm³/mol. The summed E-state index contributed by atoms with van der Waals surface area (Å²) in [5.74, 6) is 0.0687. The topological polar surface area (TPSA) is 95.9 Å². The standard InChI is InChI=1S/C11H18N2O5S/c1-18-9(14)3-2-8(10(15)16)12-11(17)13-4-6-19-7-5-13/h8H,2-7H2,1H3,(H,12,17)(H,15,16)/t8-/m0/s1. The van der Waals surface area contributed by atoms with Crippen molar-refractivity contribution >= 4 is 29.7 Å². The van der Waals surface area contributed by atoms with E-state index in [1.54, 1.807) is 16.7 Å². The molecule has 2 amide bonds. The van der Waals surface area contributed by atoms with Crippen molar-refractivity contribution < 1.29 is 24.2 Å². The summed E-state index contributed by atoms with van der Waals surface area (Å²) in [4.78, 5) is 35.5. The van der Waals surface area contributed by atoms with Crippen molar-refractivity contribution in [3.63, 3.8) is 0 Å². The lowest BCUT2D eigenvalue weighted by Crippen LogP contribution is -2.50. The molecule has 1 fully saturated rings. The number of ether oxygens (including phenoxy) is 1. The average molecular weight is 290 g/mol. The Morgan fingerprint density at radius 3 is 2.53 bits per heavy atom. The van der Waals surface area contributed by atoms with Crippen LogP contribution in [0.5, 0.6) is 0 Å². The number of methoxy groups -OCH3 is 1. The molecule has 1 aliphatic rings. The first-order valence-corrected chi connectivity index (χ1v) is 7.13. The molecule has 0 unspecified atom stereocenters. The monoisotopic (exact) mass is 290 g/mol. The number of thioether (sulfide) groups is 1. The number of carbonyl (C=O) groups is 3. The Morgan fingerprint density at radius 2 is 2.00 bits per heavy atom. The first-order chi connectivity index (χ1) is 9.04. The van der Waals surface area contributed by atoms with Crippen LogP contribution in [0.4, 0.5) is 4.79 Å². The number of nitrogens with one attached hydrogen (secondary N) is 1. The van der Waals surface area contributed by atoms with E-state index in [1.165, 1.54) is 7.11 Å². The van der Waals surface area contributed by atoms with Gasteiger partial charge in [-0.2, -0.15) is 11.8 Å². The van der Waals surface area contributed by atoms with Crippen LogP contribution in [0, 0.1) is 0 Å². The van der Waals surface area contributed by atoms with Crippen molar-refractivity contribution in [2.75, 3.05) is 31.7 Å². The third kappa shape index (κ3) is 5.37. The number of carboxylic acids is 1. The molecule has 0 aliphatic carbocycles. The van der Waals surface area contributed by atoms with Crippen LogP contribution in [-0.4, -0.2) is 65.7 Å². The van der Waals surface area contributed by atoms with Gasteiger partial charge in [0.05, 0.1) is 7.11 Å². The molecular formula is C11H18N2O5S. The summed E-state index contributed by atoms with van der Waals surface area (Å²) in [5.41, 5.74) is 0. The highest BCUT2D eigenvalue weighted by Crippen LogP contribution is 2.09. The number of nitrogens with zero attached hydrogens (tertiary/aromatic N) is 1. The zero-order valence-electron chi connectivity index (χ0n) is 10.8. The van der Waals surface area contributed by atoms with Crippen LogP contribution in [0.1, 0.15) is 12.8 Å². The molecule has 0 bridgehead atoms. The van der Waals surface area contributed by atoms with E-state index in [9.17, 15) is 14.4 Å². The molecule has 8 heteroatoms. The Kier molecular flexibility index (Phi) is 6.48. The highest BCUT2D eigenvalue weighted by atomic mass is 32.2. The molecule has 1 atom stereocenters. The van der Waals surface area contributed by atoms with E-state index in [4.69, 9.17) is 5.11 Å². The van der Waals surface area contributed by atoms with Crippen LogP contribution >= 0.6 is 11.8 Å². The summed E-state index contributed by atoms with van der Waals surface area (Å²) in [6.07, 6.45) is -0.0140. The second-order valence-corrected chi connectivity index (χ2v) is 5.28. The number of hydrogen-bond donors (Lipinski definition) is 2. The Bertz CT molecular complexity index is 344. The summed E-state index contributed by atoms with van der Waals surface area (Å²) < 4.78 is 4.44. The molecule has 7 nitrogen and oxygen atoms in total. The van der Waals surface area contributed by atoms with Gasteiger partial charge in [-0.3, -0.25) is 4.79 Å². The largest absolute Gasteiger partial charge is 0.480 e. The second kappa shape index (κ2) is 7.88. The van der Waals surface area contributed by atoms with Gasteiger partial charge < -0.3 is 20.1 Å². The molecule has 1 aliphatic heterocycles. The van der Waals surface area contributed by atoms with Crippen LogP contribution in [0.15, 0.2) is 0 Å². The van der Waals surface area contributed by atoms with E-state index < -0.39 is 24.0 Å². The predicted octanol–water partition coefficient (Wildman–Crippen LogP) is 0.151. The van der Waals surface area contributed by atoms with Crippen molar-refractivity contribution in [1.29, 1.82) is 0 Å². The molecular weight excluding hydrogens is 272 g/mol. The molecule has 108 valence electrons. The smallest absolute Gasteiger partial charge is 0.326 e. The number of esters is 1. The van der Waals surface area contributed by atoms with Gasteiger partial charge in [-0.05, 0) is 6.42 Å². The Balaban J connectivity index is 2.45. The van der Waals surface area contributed by atoms with Crippen molar-refractivity contribution in [3.8, 4) is 0 Å². The SMILES string of the molecule is COC(=O)CC[C@H](NC(=O)N1CCSCC1)C(=O)O. The minimum atomic E-state index is -1.15. The molecule has 19 heavy (non-hydrogen) atoms. The summed E-state index contributed by atoms with van der Waals surface area (Å²) in [6, 6.07) is -1.46. The van der Waals surface area contributed by atoms with Gasteiger partial charge in [0, 0.05) is 31.0 Å². The van der Waals surface area contributed by atoms with Gasteiger partial charge in [-0.1, -0.05) is 0 Å². The maximum Gasteiger partial charge on any atom is 0.326 e. The maximum absolute atomic E-state index is 11.9.